The van der Waals surface area contributed by atoms with Crippen LogP contribution in [0, 0.1) is 5.41 Å². The minimum absolute atomic E-state index is 0.0423. The molecule has 1 aliphatic heterocycles. The molecule has 2 atom stereocenters. The Morgan fingerprint density at radius 3 is 2.61 bits per heavy atom. The topological polar surface area (TPSA) is 86.2 Å². The van der Waals surface area contributed by atoms with Gasteiger partial charge in [0.1, 0.15) is 20.6 Å². The molecule has 0 radical (unpaired) electrons. The van der Waals surface area contributed by atoms with Crippen LogP contribution in [0.25, 0.3) is 0 Å². The molecule has 1 aromatic carbocycles. The number of fused-ring (bicyclic) bond motifs is 1. The fourth-order valence-corrected chi connectivity index (χ4v) is 7.24. The number of ether oxygens (including phenoxy) is 1. The van der Waals surface area contributed by atoms with Crippen LogP contribution in [0.15, 0.2) is 58.8 Å². The summed E-state index contributed by atoms with van der Waals surface area (Å²) < 4.78 is 21.8. The van der Waals surface area contributed by atoms with Crippen molar-refractivity contribution in [1.29, 1.82) is 0 Å². The molecule has 1 saturated heterocycles. The highest BCUT2D eigenvalue weighted by Gasteiger charge is 2.50. The number of aromatic nitrogens is 3. The summed E-state index contributed by atoms with van der Waals surface area (Å²) in [6.07, 6.45) is 8.31. The van der Waals surface area contributed by atoms with Crippen LogP contribution in [0.2, 0.25) is 5.02 Å². The second-order valence-electron chi connectivity index (χ2n) is 10.8. The molecular weight excluding hydrogens is 538 g/mol. The van der Waals surface area contributed by atoms with Crippen molar-refractivity contribution in [1.82, 2.24) is 19.7 Å². The van der Waals surface area contributed by atoms with Gasteiger partial charge in [0, 0.05) is 41.0 Å². The van der Waals surface area contributed by atoms with Crippen molar-refractivity contribution in [2.45, 2.75) is 67.7 Å². The molecule has 5 rings (SSSR count). The molecular formula is C28H34ClN5O2S2. The highest BCUT2D eigenvalue weighted by atomic mass is 35.5. The van der Waals surface area contributed by atoms with E-state index in [2.05, 4.69) is 43.9 Å². The van der Waals surface area contributed by atoms with E-state index in [4.69, 9.17) is 21.3 Å². The average Bonchev–Trinajstić information content (AvgIpc) is 3.19. The van der Waals surface area contributed by atoms with Crippen LogP contribution in [0.1, 0.15) is 57.7 Å². The fraction of sp³-hybridized carbons (Fsp3) is 0.464. The molecule has 0 saturated carbocycles. The lowest BCUT2D eigenvalue weighted by atomic mass is 9.73. The summed E-state index contributed by atoms with van der Waals surface area (Å²) >= 11 is 6.77. The summed E-state index contributed by atoms with van der Waals surface area (Å²) in [5, 5.41) is 1.25. The molecule has 3 aromatic rings. The molecule has 202 valence electrons. The molecule has 0 bridgehead atoms. The maximum Gasteiger partial charge on any atom is 0.233 e. The SMILES string of the molecule is CCOc1nccc(Sc2cnc(N3CCC4(CC3)Cc3ccccc3[C@H]4N[S@+]([O-])C(C)(C)C)cn2)c1Cl. The van der Waals surface area contributed by atoms with E-state index >= 15 is 0 Å². The van der Waals surface area contributed by atoms with Crippen LogP contribution in [-0.4, -0.2) is 43.9 Å². The van der Waals surface area contributed by atoms with Crippen molar-refractivity contribution in [3.05, 3.63) is 65.1 Å². The predicted octanol–water partition coefficient (Wildman–Crippen LogP) is 6.01. The van der Waals surface area contributed by atoms with E-state index in [9.17, 15) is 4.55 Å². The third kappa shape index (κ3) is 5.63. The summed E-state index contributed by atoms with van der Waals surface area (Å²) in [5.41, 5.74) is 2.70. The van der Waals surface area contributed by atoms with Crippen LogP contribution < -0.4 is 14.4 Å². The van der Waals surface area contributed by atoms with E-state index in [1.54, 1.807) is 12.4 Å². The predicted molar refractivity (Wildman–Crippen MR) is 154 cm³/mol. The first kappa shape index (κ1) is 27.5. The number of nitrogens with zero attached hydrogens (tertiary/aromatic N) is 4. The molecule has 10 heteroatoms. The van der Waals surface area contributed by atoms with Gasteiger partial charge in [-0.1, -0.05) is 47.6 Å². The van der Waals surface area contributed by atoms with Crippen molar-refractivity contribution in [3.8, 4) is 5.88 Å². The lowest BCUT2D eigenvalue weighted by molar-refractivity contribution is 0.176. The van der Waals surface area contributed by atoms with Gasteiger partial charge in [-0.3, -0.25) is 0 Å². The van der Waals surface area contributed by atoms with Crippen molar-refractivity contribution >= 4 is 40.5 Å². The molecule has 7 nitrogen and oxygen atoms in total. The first-order valence-electron chi connectivity index (χ1n) is 13.0. The molecule has 1 spiro atoms. The van der Waals surface area contributed by atoms with E-state index in [0.717, 1.165) is 48.1 Å². The van der Waals surface area contributed by atoms with Crippen LogP contribution in [0.4, 0.5) is 5.82 Å². The first-order chi connectivity index (χ1) is 18.2. The maximum absolute atomic E-state index is 13.1. The van der Waals surface area contributed by atoms with E-state index in [-0.39, 0.29) is 16.2 Å². The number of pyridine rings is 1. The smallest absolute Gasteiger partial charge is 0.233 e. The third-order valence-corrected chi connectivity index (χ3v) is 10.3. The van der Waals surface area contributed by atoms with E-state index in [1.807, 2.05) is 40.0 Å². The van der Waals surface area contributed by atoms with E-state index in [0.29, 0.717) is 17.5 Å². The normalized spacial score (nSPS) is 19.4. The number of halogens is 1. The Morgan fingerprint density at radius 2 is 1.92 bits per heavy atom. The molecule has 1 aliphatic carbocycles. The van der Waals surface area contributed by atoms with Gasteiger partial charge < -0.3 is 14.2 Å². The van der Waals surface area contributed by atoms with Gasteiger partial charge in [-0.15, -0.1) is 4.72 Å². The standard InChI is InChI=1S/C28H34ClN5O2S2/c1-5-36-26-24(29)21(10-13-30-26)37-23-18-31-22(17-32-23)34-14-11-28(12-15-34)16-19-8-6-7-9-20(19)25(28)33-38(35)27(2,3)4/h6-10,13,17-18,25,33H,5,11-12,14-16H2,1-4H3/t25-,38-/m1/s1. The number of anilines is 1. The minimum Gasteiger partial charge on any atom is -0.598 e. The highest BCUT2D eigenvalue weighted by Crippen LogP contribution is 2.52. The number of rotatable bonds is 7. The zero-order valence-electron chi connectivity index (χ0n) is 22.2. The summed E-state index contributed by atoms with van der Waals surface area (Å²) in [7, 11) is 0. The van der Waals surface area contributed by atoms with Crippen molar-refractivity contribution < 1.29 is 9.29 Å². The number of hydrogen-bond donors (Lipinski definition) is 1. The molecule has 1 N–H and O–H groups in total. The second-order valence-corrected chi connectivity index (χ2v) is 14.3. The lowest BCUT2D eigenvalue weighted by Crippen LogP contribution is -2.49. The molecule has 38 heavy (non-hydrogen) atoms. The Hall–Kier alpha value is -2.04. The van der Waals surface area contributed by atoms with Gasteiger partial charge in [0.05, 0.1) is 25.0 Å². The molecule has 0 amide bonds. The number of nitrogens with one attached hydrogen (secondary N) is 1. The van der Waals surface area contributed by atoms with Crippen LogP contribution in [0.5, 0.6) is 5.88 Å². The molecule has 2 aromatic heterocycles. The van der Waals surface area contributed by atoms with Gasteiger partial charge in [0.2, 0.25) is 5.88 Å². The van der Waals surface area contributed by atoms with Gasteiger partial charge in [-0.2, -0.15) is 0 Å². The molecule has 0 unspecified atom stereocenters. The van der Waals surface area contributed by atoms with Crippen LogP contribution in [-0.2, 0) is 17.8 Å². The Morgan fingerprint density at radius 1 is 1.16 bits per heavy atom. The monoisotopic (exact) mass is 571 g/mol. The Balaban J connectivity index is 1.27. The number of hydrogen-bond acceptors (Lipinski definition) is 8. The second kappa shape index (κ2) is 11.2. The quantitative estimate of drug-likeness (QED) is 0.345. The first-order valence-corrected chi connectivity index (χ1v) is 15.3. The van der Waals surface area contributed by atoms with Crippen LogP contribution in [0.3, 0.4) is 0 Å². The summed E-state index contributed by atoms with van der Waals surface area (Å²) in [4.78, 5) is 16.7. The van der Waals surface area contributed by atoms with Gasteiger partial charge in [-0.05, 0) is 64.2 Å². The Labute approximate surface area is 237 Å². The van der Waals surface area contributed by atoms with Gasteiger partial charge >= 0.3 is 0 Å². The summed E-state index contributed by atoms with van der Waals surface area (Å²) in [6, 6.07) is 10.6. The van der Waals surface area contributed by atoms with Gasteiger partial charge in [-0.25, -0.2) is 15.0 Å². The molecule has 2 aliphatic rings. The molecule has 1 fully saturated rings. The third-order valence-electron chi connectivity index (χ3n) is 7.32. The van der Waals surface area contributed by atoms with Gasteiger partial charge in [0.15, 0.2) is 0 Å². The van der Waals surface area contributed by atoms with Crippen LogP contribution >= 0.6 is 23.4 Å². The lowest BCUT2D eigenvalue weighted by Gasteiger charge is -2.44. The number of piperidine rings is 1. The Bertz CT molecular complexity index is 1260. The van der Waals surface area contributed by atoms with Crippen molar-refractivity contribution in [3.63, 3.8) is 0 Å². The van der Waals surface area contributed by atoms with Crippen molar-refractivity contribution in [2.24, 2.45) is 5.41 Å². The van der Waals surface area contributed by atoms with E-state index < -0.39 is 11.4 Å². The maximum atomic E-state index is 13.1. The highest BCUT2D eigenvalue weighted by molar-refractivity contribution is 7.99. The Kier molecular flexibility index (Phi) is 8.12. The fourth-order valence-electron chi connectivity index (χ4n) is 5.27. The zero-order valence-corrected chi connectivity index (χ0v) is 24.6. The van der Waals surface area contributed by atoms with E-state index in [1.165, 1.54) is 22.9 Å². The zero-order chi connectivity index (χ0) is 26.9. The summed E-state index contributed by atoms with van der Waals surface area (Å²) in [5.74, 6) is 1.30. The largest absolute Gasteiger partial charge is 0.598 e. The average molecular weight is 572 g/mol. The summed E-state index contributed by atoms with van der Waals surface area (Å²) in [6.45, 7) is 10.2. The minimum atomic E-state index is -1.14. The molecule has 3 heterocycles. The number of benzene rings is 1. The van der Waals surface area contributed by atoms with Crippen molar-refractivity contribution in [2.75, 3.05) is 24.6 Å². The van der Waals surface area contributed by atoms with Gasteiger partial charge in [0.25, 0.3) is 0 Å².